The zero-order chi connectivity index (χ0) is 13.1. The van der Waals surface area contributed by atoms with Gasteiger partial charge in [-0.15, -0.1) is 0 Å². The molecule has 1 saturated heterocycles. The molecule has 3 nitrogen and oxygen atoms in total. The number of hydrogen-bond donors (Lipinski definition) is 2. The van der Waals surface area contributed by atoms with Gasteiger partial charge in [0, 0.05) is 29.6 Å². The molecular weight excluding hydrogens is 253 g/mol. The van der Waals surface area contributed by atoms with Crippen LogP contribution in [0.3, 0.4) is 0 Å². The number of nitrogens with two attached hydrogens (primary N) is 1. The van der Waals surface area contributed by atoms with E-state index >= 15 is 0 Å². The third kappa shape index (κ3) is 3.21. The third-order valence-electron chi connectivity index (χ3n) is 3.35. The van der Waals surface area contributed by atoms with Crippen molar-refractivity contribution in [1.29, 1.82) is 5.41 Å². The molecule has 0 saturated carbocycles. The summed E-state index contributed by atoms with van der Waals surface area (Å²) in [6, 6.07) is 4.60. The van der Waals surface area contributed by atoms with Crippen molar-refractivity contribution in [3.63, 3.8) is 0 Å². The van der Waals surface area contributed by atoms with Crippen LogP contribution in [-0.4, -0.2) is 23.8 Å². The summed E-state index contributed by atoms with van der Waals surface area (Å²) in [5.74, 6) is 0.0941. The molecular formula is C13H17ClFN3. The quantitative estimate of drug-likeness (QED) is 0.655. The van der Waals surface area contributed by atoms with Crippen LogP contribution in [-0.2, 0) is 6.54 Å². The zero-order valence-corrected chi connectivity index (χ0v) is 10.9. The minimum atomic E-state index is -0.232. The molecule has 0 radical (unpaired) electrons. The van der Waals surface area contributed by atoms with E-state index in [1.165, 1.54) is 6.07 Å². The Morgan fingerprint density at radius 2 is 2.33 bits per heavy atom. The molecule has 0 aliphatic carbocycles. The molecule has 1 atom stereocenters. The van der Waals surface area contributed by atoms with Gasteiger partial charge in [0.1, 0.15) is 5.82 Å². The highest BCUT2D eigenvalue weighted by atomic mass is 35.5. The second-order valence-corrected chi connectivity index (χ2v) is 5.20. The second-order valence-electron chi connectivity index (χ2n) is 4.77. The minimum Gasteiger partial charge on any atom is -0.387 e. The van der Waals surface area contributed by atoms with Crippen molar-refractivity contribution in [3.8, 4) is 0 Å². The summed E-state index contributed by atoms with van der Waals surface area (Å²) in [7, 11) is 0. The zero-order valence-electron chi connectivity index (χ0n) is 10.1. The molecule has 1 heterocycles. The average molecular weight is 270 g/mol. The maximum absolute atomic E-state index is 13.6. The molecule has 3 N–H and O–H groups in total. The molecule has 0 aromatic heterocycles. The van der Waals surface area contributed by atoms with Gasteiger partial charge < -0.3 is 5.73 Å². The van der Waals surface area contributed by atoms with Crippen molar-refractivity contribution in [2.45, 2.75) is 19.4 Å². The molecule has 0 spiro atoms. The molecule has 18 heavy (non-hydrogen) atoms. The highest BCUT2D eigenvalue weighted by Gasteiger charge is 2.22. The Balaban J connectivity index is 2.04. The van der Waals surface area contributed by atoms with Crippen molar-refractivity contribution < 1.29 is 4.39 Å². The first-order valence-electron chi connectivity index (χ1n) is 6.06. The topological polar surface area (TPSA) is 53.1 Å². The smallest absolute Gasteiger partial charge is 0.127 e. The third-order valence-corrected chi connectivity index (χ3v) is 3.58. The van der Waals surface area contributed by atoms with Gasteiger partial charge in [0.15, 0.2) is 0 Å². The molecule has 2 rings (SSSR count). The van der Waals surface area contributed by atoms with Crippen LogP contribution in [0.15, 0.2) is 18.2 Å². The van der Waals surface area contributed by atoms with E-state index < -0.39 is 0 Å². The summed E-state index contributed by atoms with van der Waals surface area (Å²) in [4.78, 5) is 2.13. The minimum absolute atomic E-state index is 0.0981. The van der Waals surface area contributed by atoms with Gasteiger partial charge in [0.2, 0.25) is 0 Å². The van der Waals surface area contributed by atoms with Crippen molar-refractivity contribution in [1.82, 2.24) is 4.90 Å². The lowest BCUT2D eigenvalue weighted by Gasteiger charge is -2.32. The Kier molecular flexibility index (Phi) is 4.19. The number of likely N-dealkylation sites (tertiary alicyclic amines) is 1. The average Bonchev–Trinajstić information content (AvgIpc) is 2.34. The molecule has 98 valence electrons. The molecule has 1 aliphatic heterocycles. The number of benzene rings is 1. The molecule has 1 aliphatic rings. The highest BCUT2D eigenvalue weighted by molar-refractivity contribution is 6.30. The summed E-state index contributed by atoms with van der Waals surface area (Å²) in [6.07, 6.45) is 1.94. The Morgan fingerprint density at radius 3 is 3.06 bits per heavy atom. The van der Waals surface area contributed by atoms with Gasteiger partial charge in [0.05, 0.1) is 5.84 Å². The monoisotopic (exact) mass is 269 g/mol. The molecule has 0 bridgehead atoms. The second kappa shape index (κ2) is 5.67. The van der Waals surface area contributed by atoms with E-state index in [1.54, 1.807) is 12.1 Å². The number of halogens is 2. The maximum Gasteiger partial charge on any atom is 0.127 e. The van der Waals surface area contributed by atoms with Gasteiger partial charge >= 0.3 is 0 Å². The van der Waals surface area contributed by atoms with Crippen LogP contribution in [0.5, 0.6) is 0 Å². The lowest BCUT2D eigenvalue weighted by atomic mass is 9.96. The van der Waals surface area contributed by atoms with Crippen LogP contribution in [0.1, 0.15) is 18.4 Å². The van der Waals surface area contributed by atoms with E-state index in [9.17, 15) is 4.39 Å². The van der Waals surface area contributed by atoms with Gasteiger partial charge in [-0.2, -0.15) is 0 Å². The molecule has 1 aromatic carbocycles. The molecule has 1 fully saturated rings. The Bertz CT molecular complexity index is 450. The van der Waals surface area contributed by atoms with Crippen LogP contribution in [0.4, 0.5) is 4.39 Å². The van der Waals surface area contributed by atoms with E-state index in [2.05, 4.69) is 4.90 Å². The van der Waals surface area contributed by atoms with Crippen LogP contribution in [0.2, 0.25) is 5.02 Å². The lowest BCUT2D eigenvalue weighted by molar-refractivity contribution is 0.193. The molecule has 0 amide bonds. The predicted octanol–water partition coefficient (Wildman–Crippen LogP) is 2.63. The van der Waals surface area contributed by atoms with Gasteiger partial charge in [-0.1, -0.05) is 11.6 Å². The number of nitrogens with zero attached hydrogens (tertiary/aromatic N) is 1. The Hall–Kier alpha value is -1.13. The van der Waals surface area contributed by atoms with Crippen LogP contribution in [0.25, 0.3) is 0 Å². The summed E-state index contributed by atoms with van der Waals surface area (Å²) in [5.41, 5.74) is 6.14. The fourth-order valence-corrected chi connectivity index (χ4v) is 2.55. The first-order valence-corrected chi connectivity index (χ1v) is 6.44. The van der Waals surface area contributed by atoms with Gasteiger partial charge in [-0.25, -0.2) is 4.39 Å². The largest absolute Gasteiger partial charge is 0.387 e. The van der Waals surface area contributed by atoms with E-state index in [-0.39, 0.29) is 17.6 Å². The van der Waals surface area contributed by atoms with E-state index in [0.717, 1.165) is 25.9 Å². The fraction of sp³-hybridized carbons (Fsp3) is 0.462. The van der Waals surface area contributed by atoms with Crippen molar-refractivity contribution >= 4 is 17.4 Å². The van der Waals surface area contributed by atoms with Gasteiger partial charge in [0.25, 0.3) is 0 Å². The summed E-state index contributed by atoms with van der Waals surface area (Å²) < 4.78 is 13.6. The Labute approximate surface area is 111 Å². The summed E-state index contributed by atoms with van der Waals surface area (Å²) in [6.45, 7) is 2.16. The van der Waals surface area contributed by atoms with Crippen LogP contribution < -0.4 is 5.73 Å². The number of amidine groups is 1. The van der Waals surface area contributed by atoms with Crippen molar-refractivity contribution in [3.05, 3.63) is 34.6 Å². The van der Waals surface area contributed by atoms with Crippen molar-refractivity contribution in [2.24, 2.45) is 11.7 Å². The van der Waals surface area contributed by atoms with E-state index in [0.29, 0.717) is 17.1 Å². The molecule has 1 aromatic rings. The first kappa shape index (κ1) is 13.3. The molecule has 1 unspecified atom stereocenters. The van der Waals surface area contributed by atoms with E-state index in [4.69, 9.17) is 22.7 Å². The van der Waals surface area contributed by atoms with Gasteiger partial charge in [-0.3, -0.25) is 10.3 Å². The van der Waals surface area contributed by atoms with Gasteiger partial charge in [-0.05, 0) is 37.6 Å². The normalized spacial score (nSPS) is 20.9. The highest BCUT2D eigenvalue weighted by Crippen LogP contribution is 2.21. The Morgan fingerprint density at radius 1 is 1.56 bits per heavy atom. The standard InChI is InChI=1S/C13H17ClFN3/c14-11-3-4-12(15)10(6-11)8-18-5-1-2-9(7-18)13(16)17/h3-4,6,9H,1-2,5,7-8H2,(H3,16,17). The fourth-order valence-electron chi connectivity index (χ4n) is 2.36. The van der Waals surface area contributed by atoms with Crippen molar-refractivity contribution in [2.75, 3.05) is 13.1 Å². The maximum atomic E-state index is 13.6. The number of piperidine rings is 1. The number of hydrogen-bond acceptors (Lipinski definition) is 2. The van der Waals surface area contributed by atoms with Crippen LogP contribution >= 0.6 is 11.6 Å². The summed E-state index contributed by atoms with van der Waals surface area (Å²) >= 11 is 5.87. The number of rotatable bonds is 3. The number of nitrogens with one attached hydrogen (secondary N) is 1. The predicted molar refractivity (Wildman–Crippen MR) is 71.3 cm³/mol. The SMILES string of the molecule is N=C(N)C1CCCN(Cc2cc(Cl)ccc2F)C1. The van der Waals surface area contributed by atoms with E-state index in [1.807, 2.05) is 0 Å². The van der Waals surface area contributed by atoms with Crippen LogP contribution in [0, 0.1) is 17.1 Å². The summed E-state index contributed by atoms with van der Waals surface area (Å²) in [5, 5.41) is 8.04. The molecule has 5 heteroatoms. The lowest BCUT2D eigenvalue weighted by Crippen LogP contribution is -2.40. The first-order chi connectivity index (χ1) is 8.56.